The number of ether oxygens (including phenoxy) is 1. The Balaban J connectivity index is 0.00000320. The lowest BCUT2D eigenvalue weighted by atomic mass is 10.1. The molecule has 164 valence electrons. The quantitative estimate of drug-likeness (QED) is 0.322. The summed E-state index contributed by atoms with van der Waals surface area (Å²) in [7, 11) is 1.71. The lowest BCUT2D eigenvalue weighted by Gasteiger charge is -2.21. The molecule has 1 fully saturated rings. The number of guanidine groups is 1. The maximum absolute atomic E-state index is 14.0. The van der Waals surface area contributed by atoms with Crippen molar-refractivity contribution in [2.75, 3.05) is 31.6 Å². The van der Waals surface area contributed by atoms with Crippen LogP contribution in [0.3, 0.4) is 0 Å². The Labute approximate surface area is 193 Å². The largest absolute Gasteiger partial charge is 0.377 e. The van der Waals surface area contributed by atoms with Gasteiger partial charge in [-0.25, -0.2) is 8.78 Å². The number of para-hydroxylation sites is 1. The van der Waals surface area contributed by atoms with E-state index in [1.807, 2.05) is 6.92 Å². The van der Waals surface area contributed by atoms with E-state index in [9.17, 15) is 8.78 Å². The fraction of sp³-hybridized carbons (Fsp3) is 0.409. The van der Waals surface area contributed by atoms with Gasteiger partial charge >= 0.3 is 0 Å². The number of rotatable bonds is 7. The molecule has 0 amide bonds. The van der Waals surface area contributed by atoms with E-state index < -0.39 is 11.6 Å². The van der Waals surface area contributed by atoms with Gasteiger partial charge in [0.2, 0.25) is 0 Å². The molecule has 8 heteroatoms. The molecular weight excluding hydrogens is 501 g/mol. The Kier molecular flexibility index (Phi) is 9.77. The third-order valence-electron chi connectivity index (χ3n) is 4.96. The van der Waals surface area contributed by atoms with E-state index in [4.69, 9.17) is 4.74 Å². The van der Waals surface area contributed by atoms with Crippen LogP contribution in [0.25, 0.3) is 0 Å². The summed E-state index contributed by atoms with van der Waals surface area (Å²) in [5, 5.41) is 6.64. The van der Waals surface area contributed by atoms with E-state index in [0.29, 0.717) is 38.8 Å². The number of hydrogen-bond acceptors (Lipinski definition) is 3. The van der Waals surface area contributed by atoms with Crippen molar-refractivity contribution in [3.8, 4) is 0 Å². The minimum absolute atomic E-state index is 0. The molecule has 0 spiro atoms. The highest BCUT2D eigenvalue weighted by Crippen LogP contribution is 2.26. The van der Waals surface area contributed by atoms with Crippen molar-refractivity contribution in [1.29, 1.82) is 0 Å². The molecule has 3 rings (SSSR count). The number of hydrogen-bond donors (Lipinski definition) is 2. The predicted molar refractivity (Wildman–Crippen MR) is 127 cm³/mol. The topological polar surface area (TPSA) is 48.9 Å². The van der Waals surface area contributed by atoms with E-state index in [0.717, 1.165) is 17.5 Å². The monoisotopic (exact) mass is 530 g/mol. The van der Waals surface area contributed by atoms with E-state index >= 15 is 0 Å². The van der Waals surface area contributed by atoms with Gasteiger partial charge in [-0.3, -0.25) is 4.99 Å². The third-order valence-corrected chi connectivity index (χ3v) is 4.96. The first-order valence-corrected chi connectivity index (χ1v) is 9.92. The van der Waals surface area contributed by atoms with Gasteiger partial charge in [-0.05, 0) is 36.6 Å². The molecular formula is C22H29F2IN4O. The van der Waals surface area contributed by atoms with Crippen LogP contribution in [-0.4, -0.2) is 38.7 Å². The number of halogens is 3. The van der Waals surface area contributed by atoms with Crippen LogP contribution in [0.5, 0.6) is 0 Å². The Bertz CT molecular complexity index is 812. The van der Waals surface area contributed by atoms with Crippen LogP contribution >= 0.6 is 24.0 Å². The molecule has 30 heavy (non-hydrogen) atoms. The second-order valence-corrected chi connectivity index (χ2v) is 7.03. The van der Waals surface area contributed by atoms with E-state index in [1.165, 1.54) is 18.2 Å². The molecule has 0 radical (unpaired) electrons. The molecule has 1 unspecified atom stereocenters. The standard InChI is InChI=1S/C22H28F2N4O.HI/c1-3-29-15-17-9-7-16(8-10-17)13-26-22(25-2)27-18-11-12-28(14-18)21-19(23)5-4-6-20(21)24;/h4-10,18H,3,11-15H2,1-2H3,(H2,25,26,27);1H. The second kappa shape index (κ2) is 12.0. The molecule has 5 nitrogen and oxygen atoms in total. The lowest BCUT2D eigenvalue weighted by Crippen LogP contribution is -2.44. The average molecular weight is 530 g/mol. The van der Waals surface area contributed by atoms with Crippen molar-refractivity contribution in [3.05, 3.63) is 65.2 Å². The summed E-state index contributed by atoms with van der Waals surface area (Å²) >= 11 is 0. The molecule has 0 saturated carbocycles. The molecule has 0 aromatic heterocycles. The molecule has 2 aromatic carbocycles. The fourth-order valence-electron chi connectivity index (χ4n) is 3.42. The van der Waals surface area contributed by atoms with Gasteiger partial charge < -0.3 is 20.3 Å². The summed E-state index contributed by atoms with van der Waals surface area (Å²) in [6.07, 6.45) is 0.778. The predicted octanol–water partition coefficient (Wildman–Crippen LogP) is 4.06. The summed E-state index contributed by atoms with van der Waals surface area (Å²) in [5.74, 6) is -0.383. The first kappa shape index (κ1) is 24.3. The van der Waals surface area contributed by atoms with E-state index in [1.54, 1.807) is 11.9 Å². The summed E-state index contributed by atoms with van der Waals surface area (Å²) in [6, 6.07) is 12.3. The van der Waals surface area contributed by atoms with Crippen molar-refractivity contribution >= 4 is 35.6 Å². The van der Waals surface area contributed by atoms with Gasteiger partial charge in [0.15, 0.2) is 5.96 Å². The molecule has 1 aliphatic rings. The summed E-state index contributed by atoms with van der Waals surface area (Å²) in [6.45, 7) is 5.04. The van der Waals surface area contributed by atoms with Gasteiger partial charge in [-0.1, -0.05) is 30.3 Å². The van der Waals surface area contributed by atoms with Gasteiger partial charge in [0.25, 0.3) is 0 Å². The van der Waals surface area contributed by atoms with E-state index in [2.05, 4.69) is 39.9 Å². The lowest BCUT2D eigenvalue weighted by molar-refractivity contribution is 0.134. The van der Waals surface area contributed by atoms with Crippen LogP contribution in [0.1, 0.15) is 24.5 Å². The summed E-state index contributed by atoms with van der Waals surface area (Å²) in [4.78, 5) is 6.01. The third kappa shape index (κ3) is 6.53. The highest BCUT2D eigenvalue weighted by Gasteiger charge is 2.27. The van der Waals surface area contributed by atoms with Crippen LogP contribution in [0.15, 0.2) is 47.5 Å². The van der Waals surface area contributed by atoms with Gasteiger partial charge in [0, 0.05) is 39.3 Å². The SMILES string of the molecule is CCOCc1ccc(CNC(=NC)NC2CCN(c3c(F)cccc3F)C2)cc1.I. The van der Waals surface area contributed by atoms with Crippen molar-refractivity contribution in [2.45, 2.75) is 32.5 Å². The highest BCUT2D eigenvalue weighted by molar-refractivity contribution is 14.0. The van der Waals surface area contributed by atoms with Crippen LogP contribution in [0.2, 0.25) is 0 Å². The Morgan fingerprint density at radius 2 is 1.80 bits per heavy atom. The second-order valence-electron chi connectivity index (χ2n) is 7.03. The van der Waals surface area contributed by atoms with Crippen molar-refractivity contribution < 1.29 is 13.5 Å². The molecule has 2 N–H and O–H groups in total. The first-order chi connectivity index (χ1) is 14.1. The van der Waals surface area contributed by atoms with E-state index in [-0.39, 0.29) is 35.7 Å². The maximum atomic E-state index is 14.0. The number of benzene rings is 2. The van der Waals surface area contributed by atoms with Crippen molar-refractivity contribution in [1.82, 2.24) is 10.6 Å². The molecule has 1 saturated heterocycles. The molecule has 2 aromatic rings. The minimum Gasteiger partial charge on any atom is -0.377 e. The molecule has 0 bridgehead atoms. The van der Waals surface area contributed by atoms with Gasteiger partial charge in [-0.2, -0.15) is 0 Å². The number of aliphatic imine (C=N–C) groups is 1. The molecule has 1 heterocycles. The first-order valence-electron chi connectivity index (χ1n) is 9.92. The Hall–Kier alpha value is -1.94. The zero-order chi connectivity index (χ0) is 20.6. The van der Waals surface area contributed by atoms with Crippen molar-refractivity contribution in [2.24, 2.45) is 4.99 Å². The number of anilines is 1. The number of nitrogens with zero attached hydrogens (tertiary/aromatic N) is 2. The van der Waals surface area contributed by atoms with Crippen molar-refractivity contribution in [3.63, 3.8) is 0 Å². The average Bonchev–Trinajstić information content (AvgIpc) is 3.18. The number of nitrogens with one attached hydrogen (secondary N) is 2. The fourth-order valence-corrected chi connectivity index (χ4v) is 3.42. The van der Waals surface area contributed by atoms with Gasteiger partial charge in [-0.15, -0.1) is 24.0 Å². The van der Waals surface area contributed by atoms with Crippen LogP contribution < -0.4 is 15.5 Å². The highest BCUT2D eigenvalue weighted by atomic mass is 127. The van der Waals surface area contributed by atoms with Crippen LogP contribution in [0.4, 0.5) is 14.5 Å². The van der Waals surface area contributed by atoms with Gasteiger partial charge in [0.05, 0.1) is 6.61 Å². The Morgan fingerprint density at radius 3 is 2.43 bits per heavy atom. The van der Waals surface area contributed by atoms with Crippen LogP contribution in [0, 0.1) is 11.6 Å². The zero-order valence-corrected chi connectivity index (χ0v) is 19.7. The van der Waals surface area contributed by atoms with Gasteiger partial charge in [0.1, 0.15) is 17.3 Å². The maximum Gasteiger partial charge on any atom is 0.191 e. The zero-order valence-electron chi connectivity index (χ0n) is 17.3. The summed E-state index contributed by atoms with van der Waals surface area (Å²) in [5.41, 5.74) is 2.33. The smallest absolute Gasteiger partial charge is 0.191 e. The minimum atomic E-state index is -0.527. The molecule has 0 aliphatic carbocycles. The molecule has 1 aliphatic heterocycles. The molecule has 1 atom stereocenters. The normalized spacial score (nSPS) is 16.3. The Morgan fingerprint density at radius 1 is 1.13 bits per heavy atom. The van der Waals surface area contributed by atoms with Crippen LogP contribution in [-0.2, 0) is 17.9 Å². The summed E-state index contributed by atoms with van der Waals surface area (Å²) < 4.78 is 33.4.